The van der Waals surface area contributed by atoms with Crippen molar-refractivity contribution in [3.63, 3.8) is 0 Å². The third-order valence-electron chi connectivity index (χ3n) is 11.5. The van der Waals surface area contributed by atoms with Gasteiger partial charge in [-0.3, -0.25) is 9.59 Å². The van der Waals surface area contributed by atoms with E-state index in [1.54, 1.807) is 0 Å². The predicted octanol–water partition coefficient (Wildman–Crippen LogP) is 13.8. The first-order valence-electron chi connectivity index (χ1n) is 24.0. The average Bonchev–Trinajstić information content (AvgIpc) is 3.56. The summed E-state index contributed by atoms with van der Waals surface area (Å²) in [6.45, 7) is 12.2. The van der Waals surface area contributed by atoms with Gasteiger partial charge in [0.1, 0.15) is 0 Å². The highest BCUT2D eigenvalue weighted by molar-refractivity contribution is 5.72. The Morgan fingerprint density at radius 1 is 0.491 bits per heavy atom. The van der Waals surface area contributed by atoms with Crippen molar-refractivity contribution in [3.8, 4) is 0 Å². The lowest BCUT2D eigenvalue weighted by atomic mass is 9.94. The fraction of sp³-hybridized carbons (Fsp3) is 0.878. The Kier molecular flexibility index (Phi) is 34.0. The summed E-state index contributed by atoms with van der Waals surface area (Å²) in [7, 11) is 4.28. The molecule has 0 saturated carbocycles. The summed E-state index contributed by atoms with van der Waals surface area (Å²) in [6, 6.07) is 0. The minimum atomic E-state index is 0.0451. The van der Waals surface area contributed by atoms with E-state index in [0.29, 0.717) is 13.2 Å². The van der Waals surface area contributed by atoms with E-state index in [4.69, 9.17) is 9.47 Å². The summed E-state index contributed by atoms with van der Waals surface area (Å²) in [6.07, 6.45) is 40.5. The Balaban J connectivity index is 2.62. The molecule has 0 amide bonds. The van der Waals surface area contributed by atoms with E-state index in [1.807, 2.05) is 0 Å². The SMILES string of the molecule is CCCCCCCCC(CCCCCC)C(=O)OCCCCc1cn(CCCN(C)C)cc1CCCCOC(=O)C(CCCCCC)CCCCCCCC. The number of carbonyl (C=O) groups excluding carboxylic acids is 2. The molecule has 2 unspecified atom stereocenters. The molecule has 55 heavy (non-hydrogen) atoms. The highest BCUT2D eigenvalue weighted by Crippen LogP contribution is 2.23. The molecule has 1 rings (SSSR count). The highest BCUT2D eigenvalue weighted by Gasteiger charge is 2.21. The molecule has 0 fully saturated rings. The van der Waals surface area contributed by atoms with E-state index in [0.717, 1.165) is 109 Å². The molecule has 0 aliphatic heterocycles. The van der Waals surface area contributed by atoms with Crippen LogP contribution in [0.1, 0.15) is 225 Å². The van der Waals surface area contributed by atoms with Crippen LogP contribution < -0.4 is 0 Å². The number of nitrogens with zero attached hydrogens (tertiary/aromatic N) is 2. The molecule has 322 valence electrons. The van der Waals surface area contributed by atoms with Crippen LogP contribution in [0.5, 0.6) is 0 Å². The van der Waals surface area contributed by atoms with Gasteiger partial charge in [0.15, 0.2) is 0 Å². The van der Waals surface area contributed by atoms with Crippen LogP contribution in [0.3, 0.4) is 0 Å². The number of hydrogen-bond acceptors (Lipinski definition) is 5. The van der Waals surface area contributed by atoms with Crippen LogP contribution in [0, 0.1) is 11.8 Å². The van der Waals surface area contributed by atoms with Gasteiger partial charge in [0.05, 0.1) is 25.0 Å². The van der Waals surface area contributed by atoms with Gasteiger partial charge in [-0.1, -0.05) is 156 Å². The fourth-order valence-corrected chi connectivity index (χ4v) is 7.91. The van der Waals surface area contributed by atoms with E-state index in [9.17, 15) is 9.59 Å². The van der Waals surface area contributed by atoms with Gasteiger partial charge >= 0.3 is 11.9 Å². The van der Waals surface area contributed by atoms with Gasteiger partial charge in [-0.25, -0.2) is 0 Å². The van der Waals surface area contributed by atoms with Gasteiger partial charge in [0.2, 0.25) is 0 Å². The molecule has 1 heterocycles. The van der Waals surface area contributed by atoms with Crippen molar-refractivity contribution in [2.75, 3.05) is 33.9 Å². The standard InChI is InChI=1S/C49H92N2O4/c1-7-11-15-19-21-25-34-44(32-23-17-13-9-3)48(52)54-40-29-27-36-46-42-51(39-31-38-50(5)6)43-47(46)37-28-30-41-55-49(53)45(33-24-18-14-10-4)35-26-22-20-16-12-8-2/h42-45H,7-41H2,1-6H3. The van der Waals surface area contributed by atoms with Crippen LogP contribution in [0.25, 0.3) is 0 Å². The number of hydrogen-bond donors (Lipinski definition) is 0. The average molecular weight is 773 g/mol. The number of aryl methyl sites for hydroxylation is 3. The summed E-state index contributed by atoms with van der Waals surface area (Å²) < 4.78 is 14.2. The molecule has 2 atom stereocenters. The molecule has 0 radical (unpaired) electrons. The monoisotopic (exact) mass is 773 g/mol. The number of rotatable bonds is 40. The van der Waals surface area contributed by atoms with Crippen molar-refractivity contribution in [2.45, 2.75) is 233 Å². The van der Waals surface area contributed by atoms with Crippen molar-refractivity contribution in [2.24, 2.45) is 11.8 Å². The molecule has 1 aromatic rings. The van der Waals surface area contributed by atoms with Gasteiger partial charge in [0.25, 0.3) is 0 Å². The zero-order chi connectivity index (χ0) is 40.2. The van der Waals surface area contributed by atoms with Crippen LogP contribution in [0.4, 0.5) is 0 Å². The molecule has 1 aromatic heterocycles. The van der Waals surface area contributed by atoms with Gasteiger partial charge in [-0.15, -0.1) is 0 Å². The quantitative estimate of drug-likeness (QED) is 0.0491. The summed E-state index contributed by atoms with van der Waals surface area (Å²) in [5.41, 5.74) is 2.85. The van der Waals surface area contributed by atoms with Crippen LogP contribution in [-0.4, -0.2) is 55.3 Å². The first kappa shape index (κ1) is 51.2. The smallest absolute Gasteiger partial charge is 0.308 e. The molecular formula is C49H92N2O4. The third-order valence-corrected chi connectivity index (χ3v) is 11.5. The van der Waals surface area contributed by atoms with Crippen LogP contribution in [-0.2, 0) is 38.4 Å². The summed E-state index contributed by atoms with van der Waals surface area (Å²) >= 11 is 0. The topological polar surface area (TPSA) is 60.8 Å². The van der Waals surface area contributed by atoms with Gasteiger partial charge < -0.3 is 18.9 Å². The van der Waals surface area contributed by atoms with Crippen LogP contribution >= 0.6 is 0 Å². The Bertz CT molecular complexity index is 949. The maximum absolute atomic E-state index is 13.2. The zero-order valence-corrected chi connectivity index (χ0v) is 37.6. The van der Waals surface area contributed by atoms with Gasteiger partial charge in [0, 0.05) is 18.9 Å². The second-order valence-corrected chi connectivity index (χ2v) is 17.2. The molecule has 0 aliphatic carbocycles. The Hall–Kier alpha value is -1.82. The number of aromatic nitrogens is 1. The maximum atomic E-state index is 13.2. The molecular weight excluding hydrogens is 681 g/mol. The lowest BCUT2D eigenvalue weighted by Gasteiger charge is -2.16. The van der Waals surface area contributed by atoms with Crippen molar-refractivity contribution >= 4 is 11.9 Å². The minimum Gasteiger partial charge on any atom is -0.465 e. The first-order chi connectivity index (χ1) is 26.9. The van der Waals surface area contributed by atoms with E-state index in [-0.39, 0.29) is 23.8 Å². The van der Waals surface area contributed by atoms with Crippen molar-refractivity contribution in [1.82, 2.24) is 9.47 Å². The second kappa shape index (κ2) is 36.5. The molecule has 0 spiro atoms. The molecule has 0 bridgehead atoms. The minimum absolute atomic E-state index is 0.0451. The summed E-state index contributed by atoms with van der Waals surface area (Å²) in [5, 5.41) is 0. The summed E-state index contributed by atoms with van der Waals surface area (Å²) in [5.74, 6) is 0.233. The molecule has 6 heteroatoms. The highest BCUT2D eigenvalue weighted by atomic mass is 16.5. The number of ether oxygens (including phenoxy) is 2. The van der Waals surface area contributed by atoms with E-state index in [1.165, 1.54) is 114 Å². The maximum Gasteiger partial charge on any atom is 0.308 e. The second-order valence-electron chi connectivity index (χ2n) is 17.2. The van der Waals surface area contributed by atoms with Crippen LogP contribution in [0.15, 0.2) is 12.4 Å². The van der Waals surface area contributed by atoms with E-state index < -0.39 is 0 Å². The number of esters is 2. The lowest BCUT2D eigenvalue weighted by molar-refractivity contribution is -0.150. The van der Waals surface area contributed by atoms with Crippen molar-refractivity contribution < 1.29 is 19.1 Å². The van der Waals surface area contributed by atoms with Crippen molar-refractivity contribution in [1.29, 1.82) is 0 Å². The zero-order valence-electron chi connectivity index (χ0n) is 37.6. The Morgan fingerprint density at radius 3 is 1.20 bits per heavy atom. The molecule has 0 aliphatic rings. The fourth-order valence-electron chi connectivity index (χ4n) is 7.91. The Morgan fingerprint density at radius 2 is 0.836 bits per heavy atom. The first-order valence-corrected chi connectivity index (χ1v) is 24.0. The lowest BCUT2D eigenvalue weighted by Crippen LogP contribution is -2.19. The van der Waals surface area contributed by atoms with E-state index >= 15 is 0 Å². The summed E-state index contributed by atoms with van der Waals surface area (Å²) in [4.78, 5) is 28.6. The molecule has 0 aromatic carbocycles. The third kappa shape index (κ3) is 28.3. The van der Waals surface area contributed by atoms with Gasteiger partial charge in [-0.2, -0.15) is 0 Å². The largest absolute Gasteiger partial charge is 0.465 e. The Labute approximate surface area is 342 Å². The number of unbranched alkanes of at least 4 members (excludes halogenated alkanes) is 18. The number of carbonyl (C=O) groups is 2. The van der Waals surface area contributed by atoms with Crippen molar-refractivity contribution in [3.05, 3.63) is 23.5 Å². The van der Waals surface area contributed by atoms with Crippen LogP contribution in [0.2, 0.25) is 0 Å². The van der Waals surface area contributed by atoms with Gasteiger partial charge in [-0.05, 0) is 102 Å². The molecule has 0 N–H and O–H groups in total. The predicted molar refractivity (Wildman–Crippen MR) is 236 cm³/mol. The molecule has 6 nitrogen and oxygen atoms in total. The normalized spacial score (nSPS) is 12.7. The van der Waals surface area contributed by atoms with E-state index in [2.05, 4.69) is 63.7 Å². The molecule has 0 saturated heterocycles.